The zero-order valence-electron chi connectivity index (χ0n) is 21.5. The fraction of sp³-hybridized carbons (Fsp3) is 0.357. The molecule has 2 aromatic carbocycles. The number of amides is 2. The number of carbonyl (C=O) groups excluding carboxylic acids is 2. The van der Waals surface area contributed by atoms with Crippen LogP contribution in [0, 0.1) is 19.8 Å². The summed E-state index contributed by atoms with van der Waals surface area (Å²) in [6.45, 7) is 6.89. The molecular formula is C28H32N6O3. The Balaban J connectivity index is 1.19. The van der Waals surface area contributed by atoms with E-state index in [1.807, 2.05) is 54.3 Å². The van der Waals surface area contributed by atoms with Crippen LogP contribution in [0.5, 0.6) is 5.75 Å². The Morgan fingerprint density at radius 3 is 2.35 bits per heavy atom. The molecule has 0 spiro atoms. The first-order valence-electron chi connectivity index (χ1n) is 12.6. The monoisotopic (exact) mass is 500 g/mol. The van der Waals surface area contributed by atoms with Crippen molar-refractivity contribution in [3.63, 3.8) is 0 Å². The highest BCUT2D eigenvalue weighted by Gasteiger charge is 2.38. The van der Waals surface area contributed by atoms with Gasteiger partial charge in [0.2, 0.25) is 11.8 Å². The molecule has 9 nitrogen and oxygen atoms in total. The predicted octanol–water partition coefficient (Wildman–Crippen LogP) is 3.55. The number of nitrogens with one attached hydrogen (secondary N) is 1. The van der Waals surface area contributed by atoms with E-state index in [9.17, 15) is 9.59 Å². The average Bonchev–Trinajstić information content (AvgIpc) is 3.31. The fourth-order valence-corrected chi connectivity index (χ4v) is 4.86. The summed E-state index contributed by atoms with van der Waals surface area (Å²) in [6.07, 6.45) is 0.240. The van der Waals surface area contributed by atoms with E-state index >= 15 is 0 Å². The number of methoxy groups -OCH3 is 1. The largest absolute Gasteiger partial charge is 0.497 e. The summed E-state index contributed by atoms with van der Waals surface area (Å²) < 4.78 is 5.20. The number of ether oxygens (including phenoxy) is 1. The SMILES string of the molecule is COc1ccc(N2CC(C(=O)N3CCN(c4cc(Nc5ccc(C)cc5)nc(C)n4)CC3)CC2=O)cc1. The molecule has 0 saturated carbocycles. The normalized spacial score (nSPS) is 17.8. The second-order valence-corrected chi connectivity index (χ2v) is 9.57. The van der Waals surface area contributed by atoms with Crippen LogP contribution in [0.3, 0.4) is 0 Å². The van der Waals surface area contributed by atoms with Crippen molar-refractivity contribution >= 4 is 34.8 Å². The van der Waals surface area contributed by atoms with E-state index < -0.39 is 0 Å². The van der Waals surface area contributed by atoms with Gasteiger partial charge in [0, 0.05) is 56.6 Å². The van der Waals surface area contributed by atoms with Gasteiger partial charge in [-0.1, -0.05) is 17.7 Å². The zero-order chi connectivity index (χ0) is 25.9. The van der Waals surface area contributed by atoms with Crippen LogP contribution < -0.4 is 19.9 Å². The number of carbonyl (C=O) groups is 2. The van der Waals surface area contributed by atoms with E-state index in [0.717, 1.165) is 28.8 Å². The molecule has 2 saturated heterocycles. The van der Waals surface area contributed by atoms with Gasteiger partial charge in [0.15, 0.2) is 0 Å². The van der Waals surface area contributed by atoms with Gasteiger partial charge in [-0.15, -0.1) is 0 Å². The van der Waals surface area contributed by atoms with Crippen molar-refractivity contribution in [3.05, 3.63) is 66.0 Å². The summed E-state index contributed by atoms with van der Waals surface area (Å²) in [5, 5.41) is 3.36. The van der Waals surface area contributed by atoms with Crippen LogP contribution in [0.15, 0.2) is 54.6 Å². The Morgan fingerprint density at radius 2 is 1.68 bits per heavy atom. The van der Waals surface area contributed by atoms with Crippen molar-refractivity contribution in [2.75, 3.05) is 55.0 Å². The number of piperazine rings is 1. The lowest BCUT2D eigenvalue weighted by atomic mass is 10.1. The van der Waals surface area contributed by atoms with Crippen molar-refractivity contribution in [1.82, 2.24) is 14.9 Å². The van der Waals surface area contributed by atoms with E-state index in [-0.39, 0.29) is 24.2 Å². The number of benzene rings is 2. The topological polar surface area (TPSA) is 90.9 Å². The summed E-state index contributed by atoms with van der Waals surface area (Å²) in [4.78, 5) is 40.9. The molecule has 0 aliphatic carbocycles. The average molecular weight is 501 g/mol. The number of aromatic nitrogens is 2. The summed E-state index contributed by atoms with van der Waals surface area (Å²) in [7, 11) is 1.61. The van der Waals surface area contributed by atoms with E-state index in [4.69, 9.17) is 4.74 Å². The van der Waals surface area contributed by atoms with Crippen LogP contribution in [0.25, 0.3) is 0 Å². The molecule has 0 bridgehead atoms. The maximum atomic E-state index is 13.3. The first-order chi connectivity index (χ1) is 17.9. The van der Waals surface area contributed by atoms with Crippen LogP contribution in [-0.2, 0) is 9.59 Å². The van der Waals surface area contributed by atoms with Gasteiger partial charge in [0.25, 0.3) is 0 Å². The molecule has 9 heteroatoms. The molecule has 2 amide bonds. The molecule has 192 valence electrons. The highest BCUT2D eigenvalue weighted by molar-refractivity contribution is 6.00. The van der Waals surface area contributed by atoms with Crippen LogP contribution >= 0.6 is 0 Å². The maximum absolute atomic E-state index is 13.3. The first kappa shape index (κ1) is 24.5. The smallest absolute Gasteiger partial charge is 0.228 e. The van der Waals surface area contributed by atoms with Gasteiger partial charge >= 0.3 is 0 Å². The molecule has 1 aromatic heterocycles. The Labute approximate surface area is 217 Å². The lowest BCUT2D eigenvalue weighted by Crippen LogP contribution is -2.51. The quantitative estimate of drug-likeness (QED) is 0.554. The zero-order valence-corrected chi connectivity index (χ0v) is 21.5. The minimum atomic E-state index is -0.326. The Bertz CT molecular complexity index is 1270. The predicted molar refractivity (Wildman–Crippen MR) is 143 cm³/mol. The number of nitrogens with zero attached hydrogens (tertiary/aromatic N) is 5. The third kappa shape index (κ3) is 5.50. The Hall–Kier alpha value is -4.14. The molecule has 1 N–H and O–H groups in total. The molecule has 1 atom stereocenters. The van der Waals surface area contributed by atoms with E-state index in [2.05, 4.69) is 39.2 Å². The molecule has 2 aliphatic rings. The molecule has 0 radical (unpaired) electrons. The van der Waals surface area contributed by atoms with Gasteiger partial charge in [0.1, 0.15) is 23.2 Å². The third-order valence-electron chi connectivity index (χ3n) is 6.92. The van der Waals surface area contributed by atoms with Gasteiger partial charge in [-0.25, -0.2) is 9.97 Å². The molecule has 2 fully saturated rings. The Morgan fingerprint density at radius 1 is 0.973 bits per heavy atom. The minimum absolute atomic E-state index is 0.0211. The molecular weight excluding hydrogens is 468 g/mol. The van der Waals surface area contributed by atoms with Gasteiger partial charge in [0.05, 0.1) is 13.0 Å². The van der Waals surface area contributed by atoms with Gasteiger partial charge in [-0.05, 0) is 50.2 Å². The molecule has 1 unspecified atom stereocenters. The number of rotatable bonds is 6. The minimum Gasteiger partial charge on any atom is -0.497 e. The summed E-state index contributed by atoms with van der Waals surface area (Å²) in [5.74, 6) is 2.71. The lowest BCUT2D eigenvalue weighted by molar-refractivity contribution is -0.136. The van der Waals surface area contributed by atoms with Crippen molar-refractivity contribution in [3.8, 4) is 5.75 Å². The molecule has 2 aliphatic heterocycles. The fourth-order valence-electron chi connectivity index (χ4n) is 4.86. The van der Waals surface area contributed by atoms with Crippen LogP contribution in [-0.4, -0.2) is 66.5 Å². The molecule has 3 heterocycles. The van der Waals surface area contributed by atoms with Crippen molar-refractivity contribution in [2.45, 2.75) is 20.3 Å². The number of anilines is 4. The van der Waals surface area contributed by atoms with Crippen molar-refractivity contribution in [2.24, 2.45) is 5.92 Å². The van der Waals surface area contributed by atoms with Crippen LogP contribution in [0.2, 0.25) is 0 Å². The third-order valence-corrected chi connectivity index (χ3v) is 6.92. The summed E-state index contributed by atoms with van der Waals surface area (Å²) in [6, 6.07) is 17.5. The first-order valence-corrected chi connectivity index (χ1v) is 12.6. The van der Waals surface area contributed by atoms with E-state index in [0.29, 0.717) is 38.5 Å². The molecule has 3 aromatic rings. The van der Waals surface area contributed by atoms with Crippen molar-refractivity contribution < 1.29 is 14.3 Å². The summed E-state index contributed by atoms with van der Waals surface area (Å²) in [5.41, 5.74) is 2.97. The van der Waals surface area contributed by atoms with E-state index in [1.165, 1.54) is 5.56 Å². The van der Waals surface area contributed by atoms with Gasteiger partial charge in [-0.2, -0.15) is 0 Å². The van der Waals surface area contributed by atoms with Crippen LogP contribution in [0.1, 0.15) is 17.8 Å². The number of aryl methyl sites for hydroxylation is 2. The Kier molecular flexibility index (Phi) is 6.94. The second-order valence-electron chi connectivity index (χ2n) is 9.57. The maximum Gasteiger partial charge on any atom is 0.228 e. The van der Waals surface area contributed by atoms with Crippen molar-refractivity contribution in [1.29, 1.82) is 0 Å². The van der Waals surface area contributed by atoms with Crippen LogP contribution in [0.4, 0.5) is 23.0 Å². The number of hydrogen-bond acceptors (Lipinski definition) is 7. The summed E-state index contributed by atoms with van der Waals surface area (Å²) >= 11 is 0. The highest BCUT2D eigenvalue weighted by Crippen LogP contribution is 2.28. The molecule has 5 rings (SSSR count). The highest BCUT2D eigenvalue weighted by atomic mass is 16.5. The number of hydrogen-bond donors (Lipinski definition) is 1. The van der Waals surface area contributed by atoms with E-state index in [1.54, 1.807) is 12.0 Å². The molecule has 37 heavy (non-hydrogen) atoms. The van der Waals surface area contributed by atoms with Gasteiger partial charge in [-0.3, -0.25) is 9.59 Å². The van der Waals surface area contributed by atoms with Gasteiger partial charge < -0.3 is 24.8 Å². The second kappa shape index (κ2) is 10.5. The lowest BCUT2D eigenvalue weighted by Gasteiger charge is -2.36. The standard InChI is InChI=1S/C28H32N6O3/c1-19-4-6-22(7-5-19)31-25-17-26(30-20(2)29-25)32-12-14-33(15-13-32)28(36)21-16-27(35)34(18-21)23-8-10-24(37-3)11-9-23/h4-11,17,21H,12-16,18H2,1-3H3,(H,29,30,31).